The standard InChI is InChI=1S/C8H13N3O2S/c1-4(5(2)12)10-8-11-6(3-14-8)7(9)13/h3-5,12H,1-2H3,(H2,9,13)(H,10,11). The fraction of sp³-hybridized carbons (Fsp3) is 0.500. The second-order valence-electron chi connectivity index (χ2n) is 3.08. The summed E-state index contributed by atoms with van der Waals surface area (Å²) in [6.07, 6.45) is -0.476. The third kappa shape index (κ3) is 2.68. The molecule has 0 aliphatic heterocycles. The third-order valence-corrected chi connectivity index (χ3v) is 2.60. The van der Waals surface area contributed by atoms with Gasteiger partial charge in [-0.05, 0) is 13.8 Å². The zero-order valence-corrected chi connectivity index (χ0v) is 8.84. The molecule has 2 unspecified atom stereocenters. The van der Waals surface area contributed by atoms with E-state index in [2.05, 4.69) is 10.3 Å². The fourth-order valence-electron chi connectivity index (χ4n) is 0.769. The van der Waals surface area contributed by atoms with Crippen molar-refractivity contribution in [2.24, 2.45) is 5.73 Å². The molecular formula is C8H13N3O2S. The average molecular weight is 215 g/mol. The number of nitrogens with zero attached hydrogens (tertiary/aromatic N) is 1. The number of carbonyl (C=O) groups excluding carboxylic acids is 1. The lowest BCUT2D eigenvalue weighted by molar-refractivity contribution is 0.0996. The Bertz CT molecular complexity index is 324. The minimum absolute atomic E-state index is 0.109. The van der Waals surface area contributed by atoms with E-state index in [0.717, 1.165) is 0 Å². The Kier molecular flexibility index (Phi) is 3.43. The molecule has 1 amide bonds. The first kappa shape index (κ1) is 10.9. The van der Waals surface area contributed by atoms with Crippen molar-refractivity contribution in [3.05, 3.63) is 11.1 Å². The predicted molar refractivity (Wildman–Crippen MR) is 55.4 cm³/mol. The van der Waals surface area contributed by atoms with Crippen molar-refractivity contribution >= 4 is 22.4 Å². The highest BCUT2D eigenvalue weighted by molar-refractivity contribution is 7.13. The lowest BCUT2D eigenvalue weighted by Gasteiger charge is -2.15. The smallest absolute Gasteiger partial charge is 0.268 e. The monoisotopic (exact) mass is 215 g/mol. The topological polar surface area (TPSA) is 88.2 Å². The molecule has 0 spiro atoms. The fourth-order valence-corrected chi connectivity index (χ4v) is 1.57. The number of nitrogens with one attached hydrogen (secondary N) is 1. The van der Waals surface area contributed by atoms with E-state index in [4.69, 9.17) is 5.73 Å². The number of hydrogen-bond donors (Lipinski definition) is 3. The van der Waals surface area contributed by atoms with Crippen LogP contribution in [0.1, 0.15) is 24.3 Å². The number of aliphatic hydroxyl groups excluding tert-OH is 1. The first-order valence-electron chi connectivity index (χ1n) is 4.20. The summed E-state index contributed by atoms with van der Waals surface area (Å²) >= 11 is 1.29. The van der Waals surface area contributed by atoms with Gasteiger partial charge in [-0.15, -0.1) is 11.3 Å². The summed E-state index contributed by atoms with van der Waals surface area (Å²) in [5.74, 6) is -0.543. The van der Waals surface area contributed by atoms with Crippen LogP contribution in [0.3, 0.4) is 0 Å². The predicted octanol–water partition coefficient (Wildman–Crippen LogP) is 0.423. The van der Waals surface area contributed by atoms with Crippen molar-refractivity contribution in [1.82, 2.24) is 4.98 Å². The third-order valence-electron chi connectivity index (χ3n) is 1.83. The Balaban J connectivity index is 2.64. The van der Waals surface area contributed by atoms with E-state index in [9.17, 15) is 9.90 Å². The molecule has 0 aromatic carbocycles. The van der Waals surface area contributed by atoms with Gasteiger partial charge in [-0.25, -0.2) is 4.98 Å². The van der Waals surface area contributed by atoms with Crippen LogP contribution in [0, 0.1) is 0 Å². The van der Waals surface area contributed by atoms with Crippen molar-refractivity contribution in [2.45, 2.75) is 26.0 Å². The van der Waals surface area contributed by atoms with Gasteiger partial charge in [0.05, 0.1) is 12.1 Å². The Labute approximate surface area is 86.0 Å². The van der Waals surface area contributed by atoms with E-state index < -0.39 is 12.0 Å². The highest BCUT2D eigenvalue weighted by Crippen LogP contribution is 2.16. The first-order chi connectivity index (χ1) is 6.50. The van der Waals surface area contributed by atoms with E-state index in [1.807, 2.05) is 6.92 Å². The van der Waals surface area contributed by atoms with Gasteiger partial charge in [0.2, 0.25) is 0 Å². The summed E-state index contributed by atoms with van der Waals surface area (Å²) in [7, 11) is 0. The minimum Gasteiger partial charge on any atom is -0.391 e. The summed E-state index contributed by atoms with van der Waals surface area (Å²) in [6.45, 7) is 3.51. The number of carbonyl (C=O) groups is 1. The SMILES string of the molecule is CC(O)C(C)Nc1nc(C(N)=O)cs1. The number of nitrogens with two attached hydrogens (primary N) is 1. The van der Waals surface area contributed by atoms with Gasteiger partial charge in [-0.1, -0.05) is 0 Å². The van der Waals surface area contributed by atoms with Gasteiger partial charge < -0.3 is 16.2 Å². The van der Waals surface area contributed by atoms with E-state index in [-0.39, 0.29) is 11.7 Å². The van der Waals surface area contributed by atoms with Gasteiger partial charge in [0.15, 0.2) is 5.13 Å². The molecule has 4 N–H and O–H groups in total. The molecule has 0 aliphatic carbocycles. The number of aromatic nitrogens is 1. The highest BCUT2D eigenvalue weighted by Gasteiger charge is 2.11. The Morgan fingerprint density at radius 2 is 2.36 bits per heavy atom. The molecule has 0 fully saturated rings. The molecule has 0 saturated carbocycles. The maximum absolute atomic E-state index is 10.7. The molecule has 1 heterocycles. The zero-order chi connectivity index (χ0) is 10.7. The Hall–Kier alpha value is -1.14. The Morgan fingerprint density at radius 1 is 1.71 bits per heavy atom. The Morgan fingerprint density at radius 3 is 2.79 bits per heavy atom. The van der Waals surface area contributed by atoms with Crippen molar-refractivity contribution in [1.29, 1.82) is 0 Å². The molecule has 1 aromatic rings. The maximum atomic E-state index is 10.7. The van der Waals surface area contributed by atoms with Gasteiger partial charge in [-0.2, -0.15) is 0 Å². The van der Waals surface area contributed by atoms with Gasteiger partial charge in [0.1, 0.15) is 5.69 Å². The largest absolute Gasteiger partial charge is 0.391 e. The molecule has 14 heavy (non-hydrogen) atoms. The number of hydrogen-bond acceptors (Lipinski definition) is 5. The number of anilines is 1. The molecule has 0 aliphatic rings. The number of aliphatic hydroxyl groups is 1. The van der Waals surface area contributed by atoms with Crippen LogP contribution in [0.5, 0.6) is 0 Å². The van der Waals surface area contributed by atoms with Crippen LogP contribution in [0.25, 0.3) is 0 Å². The number of thiazole rings is 1. The molecule has 0 saturated heterocycles. The number of primary amides is 1. The van der Waals surface area contributed by atoms with Crippen molar-refractivity contribution in [3.8, 4) is 0 Å². The molecule has 0 radical (unpaired) electrons. The minimum atomic E-state index is -0.543. The summed E-state index contributed by atoms with van der Waals surface area (Å²) in [5.41, 5.74) is 5.29. The molecule has 1 aromatic heterocycles. The van der Waals surface area contributed by atoms with Crippen molar-refractivity contribution < 1.29 is 9.90 Å². The van der Waals surface area contributed by atoms with Gasteiger partial charge in [0.25, 0.3) is 5.91 Å². The highest BCUT2D eigenvalue weighted by atomic mass is 32.1. The van der Waals surface area contributed by atoms with Crippen LogP contribution in [0.4, 0.5) is 5.13 Å². The van der Waals surface area contributed by atoms with Gasteiger partial charge in [-0.3, -0.25) is 4.79 Å². The van der Waals surface area contributed by atoms with Gasteiger partial charge in [0, 0.05) is 5.38 Å². The quantitative estimate of drug-likeness (QED) is 0.679. The van der Waals surface area contributed by atoms with Crippen LogP contribution in [0.15, 0.2) is 5.38 Å². The molecule has 78 valence electrons. The van der Waals surface area contributed by atoms with Crippen LogP contribution in [-0.4, -0.2) is 28.1 Å². The average Bonchev–Trinajstić information content (AvgIpc) is 2.52. The van der Waals surface area contributed by atoms with Crippen LogP contribution in [-0.2, 0) is 0 Å². The summed E-state index contributed by atoms with van der Waals surface area (Å²) < 4.78 is 0. The van der Waals surface area contributed by atoms with Crippen LogP contribution >= 0.6 is 11.3 Å². The van der Waals surface area contributed by atoms with Crippen molar-refractivity contribution in [2.75, 3.05) is 5.32 Å². The van der Waals surface area contributed by atoms with Crippen molar-refractivity contribution in [3.63, 3.8) is 0 Å². The van der Waals surface area contributed by atoms with E-state index in [1.54, 1.807) is 12.3 Å². The second-order valence-corrected chi connectivity index (χ2v) is 3.93. The van der Waals surface area contributed by atoms with Crippen LogP contribution in [0.2, 0.25) is 0 Å². The molecule has 1 rings (SSSR count). The molecule has 2 atom stereocenters. The number of amides is 1. The van der Waals surface area contributed by atoms with Gasteiger partial charge >= 0.3 is 0 Å². The lowest BCUT2D eigenvalue weighted by atomic mass is 10.2. The normalized spacial score (nSPS) is 14.8. The second kappa shape index (κ2) is 4.39. The summed E-state index contributed by atoms with van der Waals surface area (Å²) in [4.78, 5) is 14.7. The van der Waals surface area contributed by atoms with E-state index in [1.165, 1.54) is 11.3 Å². The lowest BCUT2D eigenvalue weighted by Crippen LogP contribution is -2.27. The maximum Gasteiger partial charge on any atom is 0.268 e. The van der Waals surface area contributed by atoms with E-state index in [0.29, 0.717) is 5.13 Å². The summed E-state index contributed by atoms with van der Waals surface area (Å²) in [6, 6.07) is -0.109. The number of rotatable bonds is 4. The van der Waals surface area contributed by atoms with E-state index >= 15 is 0 Å². The van der Waals surface area contributed by atoms with Crippen LogP contribution < -0.4 is 11.1 Å². The molecule has 6 heteroatoms. The zero-order valence-electron chi connectivity index (χ0n) is 8.02. The molecular weight excluding hydrogens is 202 g/mol. The molecule has 0 bridgehead atoms. The first-order valence-corrected chi connectivity index (χ1v) is 5.08. The summed E-state index contributed by atoms with van der Waals surface area (Å²) in [5, 5.41) is 14.4. The molecule has 5 nitrogen and oxygen atoms in total.